The monoisotopic (exact) mass is 228 g/mol. The molecule has 0 bridgehead atoms. The maximum atomic E-state index is 10.3. The summed E-state index contributed by atoms with van der Waals surface area (Å²) in [6.45, 7) is 2.80. The molecule has 1 unspecified atom stereocenters. The van der Waals surface area contributed by atoms with Crippen molar-refractivity contribution in [1.29, 1.82) is 0 Å². The number of aliphatic carboxylic acids is 1. The van der Waals surface area contributed by atoms with E-state index >= 15 is 0 Å². The van der Waals surface area contributed by atoms with Gasteiger partial charge in [0.05, 0.1) is 0 Å². The first kappa shape index (κ1) is 12.8. The number of aliphatic imine (C=N–C) groups is 1. The van der Waals surface area contributed by atoms with E-state index < -0.39 is 5.97 Å². The van der Waals surface area contributed by atoms with E-state index in [0.717, 1.165) is 32.2 Å². The summed E-state index contributed by atoms with van der Waals surface area (Å²) >= 11 is 0. The minimum atomic E-state index is -0.976. The molecule has 1 aliphatic rings. The highest BCUT2D eigenvalue weighted by Gasteiger charge is 2.23. The third-order valence-electron chi connectivity index (χ3n) is 2.64. The van der Waals surface area contributed by atoms with Crippen LogP contribution < -0.4 is 11.2 Å². The summed E-state index contributed by atoms with van der Waals surface area (Å²) < 4.78 is 0. The van der Waals surface area contributed by atoms with E-state index in [1.54, 1.807) is 0 Å². The maximum absolute atomic E-state index is 10.3. The average Bonchev–Trinajstić information content (AvgIpc) is 2.63. The summed E-state index contributed by atoms with van der Waals surface area (Å²) in [6.07, 6.45) is 4.56. The lowest BCUT2D eigenvalue weighted by molar-refractivity contribution is -0.135. The van der Waals surface area contributed by atoms with Gasteiger partial charge in [0.2, 0.25) is 5.96 Å². The van der Waals surface area contributed by atoms with Crippen LogP contribution in [0.15, 0.2) is 4.99 Å². The number of guanidine groups is 1. The largest absolute Gasteiger partial charge is 0.480 e. The topological polar surface area (TPSA) is 91.0 Å². The van der Waals surface area contributed by atoms with E-state index in [2.05, 4.69) is 22.4 Å². The second kappa shape index (κ2) is 6.32. The number of carbonyl (C=O) groups is 1. The molecular weight excluding hydrogens is 208 g/mol. The maximum Gasteiger partial charge on any atom is 0.325 e. The Morgan fingerprint density at radius 3 is 3.06 bits per heavy atom. The van der Waals surface area contributed by atoms with Crippen LogP contribution in [0.1, 0.15) is 32.6 Å². The molecule has 1 fully saturated rings. The molecule has 6 heteroatoms. The Balaban J connectivity index is 2.40. The zero-order chi connectivity index (χ0) is 12.0. The third-order valence-corrected chi connectivity index (χ3v) is 2.64. The normalized spacial score (nSPS) is 22.3. The number of nitrogens with two attached hydrogens (primary N) is 1. The number of hydrogen-bond donors (Lipinski definition) is 3. The molecule has 0 aromatic carbocycles. The summed E-state index contributed by atoms with van der Waals surface area (Å²) in [4.78, 5) is 14.0. The van der Waals surface area contributed by atoms with Crippen LogP contribution >= 0.6 is 0 Å². The number of hydrazine groups is 1. The van der Waals surface area contributed by atoms with Crippen molar-refractivity contribution in [1.82, 2.24) is 10.4 Å². The summed E-state index contributed by atoms with van der Waals surface area (Å²) in [5.41, 5.74) is 8.56. The first-order chi connectivity index (χ1) is 7.63. The number of nitrogens with zero attached hydrogens (tertiary/aromatic N) is 2. The van der Waals surface area contributed by atoms with Crippen molar-refractivity contribution < 1.29 is 9.90 Å². The van der Waals surface area contributed by atoms with Crippen LogP contribution in [0.2, 0.25) is 0 Å². The van der Waals surface area contributed by atoms with Gasteiger partial charge in [-0.05, 0) is 19.3 Å². The number of nitrogens with one attached hydrogen (secondary N) is 1. The van der Waals surface area contributed by atoms with Crippen LogP contribution in [0.5, 0.6) is 0 Å². The fourth-order valence-electron chi connectivity index (χ4n) is 1.95. The van der Waals surface area contributed by atoms with Crippen LogP contribution in [0.4, 0.5) is 0 Å². The Bertz CT molecular complexity index is 268. The molecule has 1 heterocycles. The van der Waals surface area contributed by atoms with Crippen molar-refractivity contribution in [3.63, 3.8) is 0 Å². The Hall–Kier alpha value is -1.30. The van der Waals surface area contributed by atoms with Crippen LogP contribution in [0.25, 0.3) is 0 Å². The summed E-state index contributed by atoms with van der Waals surface area (Å²) in [5.74, 6) is -0.790. The van der Waals surface area contributed by atoms with E-state index in [9.17, 15) is 4.79 Å². The predicted molar refractivity (Wildman–Crippen MR) is 61.9 cm³/mol. The Kier molecular flexibility index (Phi) is 5.04. The number of carboxylic acid groups (broad SMARTS) is 1. The van der Waals surface area contributed by atoms with Crippen molar-refractivity contribution >= 4 is 11.9 Å². The zero-order valence-corrected chi connectivity index (χ0v) is 9.65. The lowest BCUT2D eigenvalue weighted by Crippen LogP contribution is -2.48. The van der Waals surface area contributed by atoms with E-state index in [4.69, 9.17) is 10.8 Å². The Morgan fingerprint density at radius 2 is 2.44 bits per heavy atom. The summed E-state index contributed by atoms with van der Waals surface area (Å²) in [5, 5.41) is 10.5. The fraction of sp³-hybridized carbons (Fsp3) is 0.800. The summed E-state index contributed by atoms with van der Waals surface area (Å²) in [6, 6.07) is 0.489. The molecule has 0 aliphatic carbocycles. The standard InChI is InChI=1S/C10H20N4O2/c1-2-4-8-5-3-6-14(8)13-10(11)12-7-9(15)16/h8H,2-7H2,1H3,(H,15,16)(H3,11,12,13). The lowest BCUT2D eigenvalue weighted by Gasteiger charge is -2.25. The number of carboxylic acids is 1. The van der Waals surface area contributed by atoms with Crippen molar-refractivity contribution in [2.24, 2.45) is 10.7 Å². The zero-order valence-electron chi connectivity index (χ0n) is 9.65. The first-order valence-corrected chi connectivity index (χ1v) is 5.68. The van der Waals surface area contributed by atoms with Gasteiger partial charge in [-0.1, -0.05) is 13.3 Å². The van der Waals surface area contributed by atoms with Gasteiger partial charge in [-0.2, -0.15) is 0 Å². The van der Waals surface area contributed by atoms with Gasteiger partial charge in [0.1, 0.15) is 6.54 Å². The number of rotatable bonds is 5. The SMILES string of the molecule is CCCC1CCCN1NC(N)=NCC(=O)O. The van der Waals surface area contributed by atoms with Crippen molar-refractivity contribution in [3.8, 4) is 0 Å². The molecule has 0 saturated carbocycles. The molecule has 0 aromatic rings. The predicted octanol–water partition coefficient (Wildman–Crippen LogP) is 0.155. The highest BCUT2D eigenvalue weighted by Crippen LogP contribution is 2.18. The second-order valence-corrected chi connectivity index (χ2v) is 3.99. The van der Waals surface area contributed by atoms with Gasteiger partial charge < -0.3 is 10.8 Å². The Morgan fingerprint density at radius 1 is 1.69 bits per heavy atom. The highest BCUT2D eigenvalue weighted by atomic mass is 16.4. The van der Waals surface area contributed by atoms with Crippen molar-refractivity contribution in [3.05, 3.63) is 0 Å². The van der Waals surface area contributed by atoms with Gasteiger partial charge in [-0.25, -0.2) is 10.0 Å². The molecule has 1 atom stereocenters. The molecule has 16 heavy (non-hydrogen) atoms. The molecule has 0 radical (unpaired) electrons. The van der Waals surface area contributed by atoms with Gasteiger partial charge in [0, 0.05) is 12.6 Å². The van der Waals surface area contributed by atoms with Crippen LogP contribution in [-0.2, 0) is 4.79 Å². The van der Waals surface area contributed by atoms with Gasteiger partial charge in [-0.15, -0.1) is 0 Å². The molecule has 1 aliphatic heterocycles. The molecule has 0 amide bonds. The van der Waals surface area contributed by atoms with E-state index in [1.165, 1.54) is 0 Å². The van der Waals surface area contributed by atoms with Crippen LogP contribution in [0.3, 0.4) is 0 Å². The molecule has 4 N–H and O–H groups in total. The van der Waals surface area contributed by atoms with Crippen molar-refractivity contribution in [2.45, 2.75) is 38.6 Å². The fourth-order valence-corrected chi connectivity index (χ4v) is 1.95. The van der Waals surface area contributed by atoms with Gasteiger partial charge in [0.15, 0.2) is 0 Å². The molecule has 1 saturated heterocycles. The van der Waals surface area contributed by atoms with Crippen molar-refractivity contribution in [2.75, 3.05) is 13.1 Å². The van der Waals surface area contributed by atoms with E-state index in [0.29, 0.717) is 6.04 Å². The van der Waals surface area contributed by atoms with Gasteiger partial charge in [-0.3, -0.25) is 10.2 Å². The van der Waals surface area contributed by atoms with Crippen LogP contribution in [-0.4, -0.2) is 41.2 Å². The van der Waals surface area contributed by atoms with Gasteiger partial charge >= 0.3 is 5.97 Å². The minimum absolute atomic E-state index is 0.186. The average molecular weight is 228 g/mol. The quantitative estimate of drug-likeness (QED) is 0.460. The number of hydrogen-bond acceptors (Lipinski definition) is 3. The molecular formula is C10H20N4O2. The summed E-state index contributed by atoms with van der Waals surface area (Å²) in [7, 11) is 0. The molecule has 92 valence electrons. The second-order valence-electron chi connectivity index (χ2n) is 3.99. The van der Waals surface area contributed by atoms with Crippen LogP contribution in [0, 0.1) is 0 Å². The third kappa shape index (κ3) is 4.06. The highest BCUT2D eigenvalue weighted by molar-refractivity contribution is 5.80. The van der Waals surface area contributed by atoms with E-state index in [1.807, 2.05) is 0 Å². The molecule has 0 aromatic heterocycles. The Labute approximate surface area is 95.5 Å². The van der Waals surface area contributed by atoms with Gasteiger partial charge in [0.25, 0.3) is 0 Å². The smallest absolute Gasteiger partial charge is 0.325 e. The molecule has 1 rings (SSSR count). The van der Waals surface area contributed by atoms with E-state index in [-0.39, 0.29) is 12.5 Å². The first-order valence-electron chi connectivity index (χ1n) is 5.68. The molecule has 6 nitrogen and oxygen atoms in total. The minimum Gasteiger partial charge on any atom is -0.480 e. The molecule has 0 spiro atoms. The lowest BCUT2D eigenvalue weighted by atomic mass is 10.1.